The van der Waals surface area contributed by atoms with E-state index in [0.29, 0.717) is 0 Å². The molecule has 2 N–H and O–H groups in total. The topological polar surface area (TPSA) is 121 Å². The summed E-state index contributed by atoms with van der Waals surface area (Å²) in [5, 5.41) is 29.9. The second kappa shape index (κ2) is 7.17. The number of aromatic hydroxyl groups is 1. The number of rotatable bonds is 4. The van der Waals surface area contributed by atoms with Crippen molar-refractivity contribution >= 4 is 57.6 Å². The zero-order valence-corrected chi connectivity index (χ0v) is 15.0. The smallest absolute Gasteiger partial charge is 0.339 e. The van der Waals surface area contributed by atoms with E-state index in [4.69, 9.17) is 17.3 Å². The molecule has 1 amide bonds. The Morgan fingerprint density at radius 1 is 1.26 bits per heavy atom. The van der Waals surface area contributed by atoms with Gasteiger partial charge in [-0.25, -0.2) is 4.79 Å². The van der Waals surface area contributed by atoms with Gasteiger partial charge in [0.1, 0.15) is 11.3 Å². The van der Waals surface area contributed by atoms with Crippen LogP contribution in [0.4, 0.5) is 11.4 Å². The van der Waals surface area contributed by atoms with Gasteiger partial charge in [-0.05, 0) is 24.3 Å². The summed E-state index contributed by atoms with van der Waals surface area (Å²) >= 11 is 6.16. The average Bonchev–Trinajstić information content (AvgIpc) is 2.88. The lowest BCUT2D eigenvalue weighted by Gasteiger charge is -2.15. The van der Waals surface area contributed by atoms with Crippen molar-refractivity contribution in [1.82, 2.24) is 0 Å². The molecule has 0 bridgehead atoms. The third-order valence-electron chi connectivity index (χ3n) is 3.68. The van der Waals surface area contributed by atoms with Crippen LogP contribution in [-0.2, 0) is 4.79 Å². The number of carbonyl (C=O) groups excluding carboxylic acids is 1. The lowest BCUT2D eigenvalue weighted by molar-refractivity contribution is -0.385. The van der Waals surface area contributed by atoms with E-state index in [2.05, 4.69) is 0 Å². The minimum Gasteiger partial charge on any atom is -0.507 e. The fourth-order valence-corrected chi connectivity index (χ4v) is 3.74. The quantitative estimate of drug-likeness (QED) is 0.345. The number of aromatic carboxylic acids is 1. The largest absolute Gasteiger partial charge is 0.507 e. The van der Waals surface area contributed by atoms with Crippen LogP contribution < -0.4 is 4.90 Å². The molecule has 2 aromatic rings. The molecule has 1 aliphatic heterocycles. The first kappa shape index (κ1) is 18.5. The molecule has 0 spiro atoms. The number of carboxylic acids is 1. The van der Waals surface area contributed by atoms with Crippen molar-refractivity contribution in [2.45, 2.75) is 0 Å². The molecule has 1 aliphatic rings. The molecule has 0 aromatic heterocycles. The Hall–Kier alpha value is -3.24. The van der Waals surface area contributed by atoms with Crippen LogP contribution in [0.15, 0.2) is 47.4 Å². The number of carbonyl (C=O) groups is 2. The van der Waals surface area contributed by atoms with Crippen LogP contribution in [0, 0.1) is 10.1 Å². The first-order valence-electron chi connectivity index (χ1n) is 7.37. The molecule has 3 rings (SSSR count). The Morgan fingerprint density at radius 2 is 1.96 bits per heavy atom. The maximum absolute atomic E-state index is 12.7. The number of nitrogens with zero attached hydrogens (tertiary/aromatic N) is 2. The number of carboxylic acid groups (broad SMARTS) is 1. The van der Waals surface area contributed by atoms with Crippen LogP contribution in [0.2, 0.25) is 0 Å². The lowest BCUT2D eigenvalue weighted by atomic mass is 10.1. The summed E-state index contributed by atoms with van der Waals surface area (Å²) in [6, 6.07) is 9.62. The second-order valence-electron chi connectivity index (χ2n) is 5.34. The van der Waals surface area contributed by atoms with Crippen molar-refractivity contribution in [3.8, 4) is 5.75 Å². The van der Waals surface area contributed by atoms with Gasteiger partial charge in [0.05, 0.1) is 21.1 Å². The standard InChI is InChI=1S/C17H10N2O6S2/c20-13-8-10(5-6-11(13)16(22)23)18-15(21)14(27-17(18)26)7-9-3-1-2-4-12(9)19(24)25/h1-8,20H,(H,22,23)/b14-7-. The highest BCUT2D eigenvalue weighted by atomic mass is 32.2. The van der Waals surface area contributed by atoms with E-state index in [-0.39, 0.29) is 31.7 Å². The van der Waals surface area contributed by atoms with Gasteiger partial charge in [0, 0.05) is 12.1 Å². The van der Waals surface area contributed by atoms with Gasteiger partial charge >= 0.3 is 5.97 Å². The molecule has 27 heavy (non-hydrogen) atoms. The van der Waals surface area contributed by atoms with Gasteiger partial charge in [-0.2, -0.15) is 0 Å². The van der Waals surface area contributed by atoms with E-state index in [9.17, 15) is 24.8 Å². The molecule has 0 atom stereocenters. The van der Waals surface area contributed by atoms with Gasteiger partial charge in [0.15, 0.2) is 4.32 Å². The van der Waals surface area contributed by atoms with Crippen LogP contribution in [0.5, 0.6) is 5.75 Å². The van der Waals surface area contributed by atoms with E-state index in [1.807, 2.05) is 0 Å². The summed E-state index contributed by atoms with van der Waals surface area (Å²) in [5.41, 5.74) is 0.00361. The van der Waals surface area contributed by atoms with E-state index in [1.165, 1.54) is 30.3 Å². The van der Waals surface area contributed by atoms with Crippen molar-refractivity contribution in [2.75, 3.05) is 4.90 Å². The van der Waals surface area contributed by atoms with E-state index < -0.39 is 22.5 Å². The Labute approximate surface area is 161 Å². The Morgan fingerprint density at radius 3 is 2.59 bits per heavy atom. The number of para-hydroxylation sites is 1. The zero-order chi connectivity index (χ0) is 19.7. The molecule has 0 radical (unpaired) electrons. The van der Waals surface area contributed by atoms with Crippen LogP contribution in [0.3, 0.4) is 0 Å². The number of thioether (sulfide) groups is 1. The predicted octanol–water partition coefficient (Wildman–Crippen LogP) is 3.40. The third kappa shape index (κ3) is 3.52. The van der Waals surface area contributed by atoms with Crippen molar-refractivity contribution in [3.05, 3.63) is 68.6 Å². The molecule has 136 valence electrons. The van der Waals surface area contributed by atoms with Crippen LogP contribution >= 0.6 is 24.0 Å². The molecule has 0 unspecified atom stereocenters. The summed E-state index contributed by atoms with van der Waals surface area (Å²) in [6.07, 6.45) is 1.38. The minimum atomic E-state index is -1.30. The molecule has 8 nitrogen and oxygen atoms in total. The van der Waals surface area contributed by atoms with Gasteiger partial charge in [-0.3, -0.25) is 19.8 Å². The Balaban J connectivity index is 1.98. The third-order valence-corrected chi connectivity index (χ3v) is 4.99. The molecule has 1 heterocycles. The van der Waals surface area contributed by atoms with Gasteiger partial charge in [0.25, 0.3) is 11.6 Å². The number of nitro groups is 1. The SMILES string of the molecule is O=C(O)c1ccc(N2C(=O)/C(=C/c3ccccc3[N+](=O)[O-])SC2=S)cc1O. The highest BCUT2D eigenvalue weighted by Crippen LogP contribution is 2.38. The number of nitro benzene ring substituents is 1. The predicted molar refractivity (Wildman–Crippen MR) is 104 cm³/mol. The molecule has 1 saturated heterocycles. The average molecular weight is 402 g/mol. The first-order chi connectivity index (χ1) is 12.8. The van der Waals surface area contributed by atoms with Crippen molar-refractivity contribution in [1.29, 1.82) is 0 Å². The number of thiocarbonyl (C=S) groups is 1. The highest BCUT2D eigenvalue weighted by molar-refractivity contribution is 8.27. The van der Waals surface area contributed by atoms with Gasteiger partial charge in [0.2, 0.25) is 0 Å². The highest BCUT2D eigenvalue weighted by Gasteiger charge is 2.34. The number of amides is 1. The summed E-state index contributed by atoms with van der Waals surface area (Å²) in [7, 11) is 0. The molecule has 0 aliphatic carbocycles. The van der Waals surface area contributed by atoms with Crippen molar-refractivity contribution in [3.63, 3.8) is 0 Å². The summed E-state index contributed by atoms with van der Waals surface area (Å²) in [6.45, 7) is 0. The normalized spacial score (nSPS) is 15.4. The number of hydrogen-bond acceptors (Lipinski definition) is 7. The van der Waals surface area contributed by atoms with Crippen molar-refractivity contribution < 1.29 is 24.7 Å². The second-order valence-corrected chi connectivity index (χ2v) is 7.02. The number of phenols is 1. The molecule has 1 fully saturated rings. The van der Waals surface area contributed by atoms with E-state index in [0.717, 1.165) is 28.8 Å². The molecule has 2 aromatic carbocycles. The van der Waals surface area contributed by atoms with E-state index >= 15 is 0 Å². The Bertz CT molecular complexity index is 1030. The number of hydrogen-bond donors (Lipinski definition) is 2. The maximum Gasteiger partial charge on any atom is 0.339 e. The van der Waals surface area contributed by atoms with E-state index in [1.54, 1.807) is 6.07 Å². The van der Waals surface area contributed by atoms with Crippen LogP contribution in [0.25, 0.3) is 6.08 Å². The summed E-state index contributed by atoms with van der Waals surface area (Å²) in [4.78, 5) is 35.6. The number of benzene rings is 2. The van der Waals surface area contributed by atoms with Gasteiger partial charge in [-0.15, -0.1) is 0 Å². The van der Waals surface area contributed by atoms with Crippen LogP contribution in [-0.4, -0.2) is 31.3 Å². The zero-order valence-electron chi connectivity index (χ0n) is 13.4. The van der Waals surface area contributed by atoms with Crippen molar-refractivity contribution in [2.24, 2.45) is 0 Å². The Kier molecular flexibility index (Phi) is 4.93. The van der Waals surface area contributed by atoms with Gasteiger partial charge in [-0.1, -0.05) is 36.1 Å². The maximum atomic E-state index is 12.7. The van der Waals surface area contributed by atoms with Gasteiger partial charge < -0.3 is 10.2 Å². The lowest BCUT2D eigenvalue weighted by Crippen LogP contribution is -2.27. The minimum absolute atomic E-state index is 0.147. The fourth-order valence-electron chi connectivity index (χ4n) is 2.45. The molecular formula is C17H10N2O6S2. The monoisotopic (exact) mass is 402 g/mol. The van der Waals surface area contributed by atoms with Crippen LogP contribution in [0.1, 0.15) is 15.9 Å². The summed E-state index contributed by atoms with van der Waals surface area (Å²) in [5.74, 6) is -2.33. The summed E-state index contributed by atoms with van der Waals surface area (Å²) < 4.78 is 0.160. The number of anilines is 1. The molecule has 0 saturated carbocycles. The molecular weight excluding hydrogens is 392 g/mol. The fraction of sp³-hybridized carbons (Fsp3) is 0. The first-order valence-corrected chi connectivity index (χ1v) is 8.59. The molecule has 10 heteroatoms.